The number of methoxy groups -OCH3 is 2. The second-order valence-electron chi connectivity index (χ2n) is 7.23. The molecule has 0 aliphatic rings. The van der Waals surface area contributed by atoms with Crippen LogP contribution in [-0.2, 0) is 11.3 Å². The van der Waals surface area contributed by atoms with Crippen molar-refractivity contribution < 1.29 is 14.3 Å². The third-order valence-corrected chi connectivity index (χ3v) is 5.18. The van der Waals surface area contributed by atoms with Crippen LogP contribution in [0.3, 0.4) is 0 Å². The van der Waals surface area contributed by atoms with E-state index in [9.17, 15) is 4.79 Å². The summed E-state index contributed by atoms with van der Waals surface area (Å²) >= 11 is 5.35. The fourth-order valence-corrected chi connectivity index (χ4v) is 3.43. The molecular formula is C22H26N4O3S. The number of nitrogens with one attached hydrogen (secondary N) is 2. The summed E-state index contributed by atoms with van der Waals surface area (Å²) < 4.78 is 12.5. The molecule has 1 amide bonds. The second kappa shape index (κ2) is 9.58. The number of nitrogens with zero attached hydrogens (tertiary/aromatic N) is 2. The number of carbonyl (C=O) groups is 1. The first kappa shape index (κ1) is 21.6. The van der Waals surface area contributed by atoms with Crippen LogP contribution in [0.4, 0.5) is 0 Å². The number of H-pyrrole nitrogens is 1. The first-order chi connectivity index (χ1) is 14.4. The largest absolute Gasteiger partial charge is 0.497 e. The number of ether oxygens (including phenoxy) is 2. The molecule has 0 aliphatic heterocycles. The quantitative estimate of drug-likeness (QED) is 0.529. The Morgan fingerprint density at radius 1 is 1.07 bits per heavy atom. The van der Waals surface area contributed by atoms with E-state index in [4.69, 9.17) is 21.7 Å². The smallest absolute Gasteiger partial charge is 0.240 e. The Labute approximate surface area is 181 Å². The van der Waals surface area contributed by atoms with Gasteiger partial charge in [-0.3, -0.25) is 14.5 Å². The lowest BCUT2D eigenvalue weighted by Crippen LogP contribution is -2.34. The number of hydrogen-bond donors (Lipinski definition) is 2. The van der Waals surface area contributed by atoms with Gasteiger partial charge < -0.3 is 14.8 Å². The first-order valence-corrected chi connectivity index (χ1v) is 10.1. The minimum Gasteiger partial charge on any atom is -0.497 e. The van der Waals surface area contributed by atoms with Crippen molar-refractivity contribution in [2.24, 2.45) is 5.92 Å². The summed E-state index contributed by atoms with van der Waals surface area (Å²) in [5.74, 6) is 2.19. The molecule has 0 saturated heterocycles. The molecule has 0 radical (unpaired) electrons. The molecule has 3 rings (SSSR count). The molecule has 1 heterocycles. The molecule has 8 heteroatoms. The predicted octanol–water partition coefficient (Wildman–Crippen LogP) is 4.14. The maximum atomic E-state index is 12.9. The summed E-state index contributed by atoms with van der Waals surface area (Å²) in [5, 5.41) is 10.2. The van der Waals surface area contributed by atoms with E-state index in [1.54, 1.807) is 18.8 Å². The van der Waals surface area contributed by atoms with E-state index in [0.717, 1.165) is 22.6 Å². The number of amides is 1. The van der Waals surface area contributed by atoms with Crippen molar-refractivity contribution in [2.75, 3.05) is 14.2 Å². The molecule has 3 aromatic rings. The maximum absolute atomic E-state index is 12.9. The van der Waals surface area contributed by atoms with Crippen LogP contribution >= 0.6 is 12.2 Å². The van der Waals surface area contributed by atoms with Crippen LogP contribution < -0.4 is 14.8 Å². The van der Waals surface area contributed by atoms with E-state index in [-0.39, 0.29) is 24.4 Å². The molecule has 1 unspecified atom stereocenters. The highest BCUT2D eigenvalue weighted by atomic mass is 32.1. The van der Waals surface area contributed by atoms with Gasteiger partial charge in [-0.05, 0) is 60.1 Å². The van der Waals surface area contributed by atoms with Crippen LogP contribution in [0.2, 0.25) is 0 Å². The fourth-order valence-electron chi connectivity index (χ4n) is 3.23. The molecular weight excluding hydrogens is 400 g/mol. The van der Waals surface area contributed by atoms with E-state index >= 15 is 0 Å². The van der Waals surface area contributed by atoms with E-state index in [1.165, 1.54) is 0 Å². The average molecular weight is 427 g/mol. The van der Waals surface area contributed by atoms with E-state index in [2.05, 4.69) is 29.4 Å². The maximum Gasteiger partial charge on any atom is 0.240 e. The minimum atomic E-state index is -0.142. The highest BCUT2D eigenvalue weighted by molar-refractivity contribution is 7.71. The lowest BCUT2D eigenvalue weighted by atomic mass is 9.96. The topological polar surface area (TPSA) is 81.2 Å². The number of aromatic nitrogens is 3. The lowest BCUT2D eigenvalue weighted by Gasteiger charge is -2.23. The van der Waals surface area contributed by atoms with Gasteiger partial charge in [0.15, 0.2) is 10.6 Å². The zero-order valence-electron chi connectivity index (χ0n) is 17.5. The van der Waals surface area contributed by atoms with E-state index in [1.807, 2.05) is 48.5 Å². The SMILES string of the molecule is COc1ccc(-c2n[nH]c(=S)n2CC(=O)NC(c2ccc(OC)cc2)C(C)C)cc1. The molecule has 158 valence electrons. The van der Waals surface area contributed by atoms with Gasteiger partial charge in [0.2, 0.25) is 5.91 Å². The number of hydrogen-bond acceptors (Lipinski definition) is 5. The van der Waals surface area contributed by atoms with Crippen LogP contribution in [0, 0.1) is 10.7 Å². The minimum absolute atomic E-state index is 0.0655. The summed E-state index contributed by atoms with van der Waals surface area (Å²) in [6.45, 7) is 4.21. The van der Waals surface area contributed by atoms with Crippen LogP contribution in [-0.4, -0.2) is 34.9 Å². The van der Waals surface area contributed by atoms with Gasteiger partial charge in [-0.15, -0.1) is 0 Å². The van der Waals surface area contributed by atoms with Gasteiger partial charge >= 0.3 is 0 Å². The Balaban J connectivity index is 1.79. The van der Waals surface area contributed by atoms with Gasteiger partial charge in [0.05, 0.1) is 20.3 Å². The van der Waals surface area contributed by atoms with Crippen molar-refractivity contribution in [1.82, 2.24) is 20.1 Å². The molecule has 1 atom stereocenters. The summed E-state index contributed by atoms with van der Waals surface area (Å²) in [6, 6.07) is 15.0. The summed E-state index contributed by atoms with van der Waals surface area (Å²) in [7, 11) is 3.25. The summed E-state index contributed by atoms with van der Waals surface area (Å²) in [5.41, 5.74) is 1.86. The standard InChI is InChI=1S/C22H26N4O3S/c1-14(2)20(15-5-9-17(28-3)10-6-15)23-19(27)13-26-21(24-25-22(26)30)16-7-11-18(29-4)12-8-16/h5-12,14,20H,13H2,1-4H3,(H,23,27)(H,25,30). The van der Waals surface area contributed by atoms with Crippen molar-refractivity contribution >= 4 is 18.1 Å². The van der Waals surface area contributed by atoms with Gasteiger partial charge in [-0.25, -0.2) is 0 Å². The fraction of sp³-hybridized carbons (Fsp3) is 0.318. The average Bonchev–Trinajstić information content (AvgIpc) is 3.12. The van der Waals surface area contributed by atoms with Gasteiger partial charge in [-0.1, -0.05) is 26.0 Å². The van der Waals surface area contributed by atoms with Gasteiger partial charge in [-0.2, -0.15) is 5.10 Å². The molecule has 7 nitrogen and oxygen atoms in total. The number of carbonyl (C=O) groups excluding carboxylic acids is 1. The van der Waals surface area contributed by atoms with E-state index < -0.39 is 0 Å². The number of rotatable bonds is 8. The molecule has 0 spiro atoms. The Kier molecular flexibility index (Phi) is 6.89. The third kappa shape index (κ3) is 4.88. The molecule has 30 heavy (non-hydrogen) atoms. The van der Waals surface area contributed by atoms with Gasteiger partial charge in [0.1, 0.15) is 18.0 Å². The highest BCUT2D eigenvalue weighted by Gasteiger charge is 2.20. The second-order valence-corrected chi connectivity index (χ2v) is 7.62. The van der Waals surface area contributed by atoms with Crippen LogP contribution in [0.5, 0.6) is 11.5 Å². The van der Waals surface area contributed by atoms with Crippen LogP contribution in [0.15, 0.2) is 48.5 Å². The molecule has 0 aliphatic carbocycles. The Morgan fingerprint density at radius 2 is 1.63 bits per heavy atom. The van der Waals surface area contributed by atoms with Crippen molar-refractivity contribution in [3.8, 4) is 22.9 Å². The van der Waals surface area contributed by atoms with Crippen molar-refractivity contribution in [2.45, 2.75) is 26.4 Å². The third-order valence-electron chi connectivity index (χ3n) is 4.87. The van der Waals surface area contributed by atoms with Gasteiger partial charge in [0.25, 0.3) is 0 Å². The van der Waals surface area contributed by atoms with Gasteiger partial charge in [0, 0.05) is 5.56 Å². The zero-order chi connectivity index (χ0) is 21.7. The van der Waals surface area contributed by atoms with Crippen molar-refractivity contribution in [3.05, 3.63) is 58.9 Å². The van der Waals surface area contributed by atoms with E-state index in [0.29, 0.717) is 10.6 Å². The number of aromatic amines is 1. The molecule has 0 fully saturated rings. The number of benzene rings is 2. The molecule has 2 N–H and O–H groups in total. The highest BCUT2D eigenvalue weighted by Crippen LogP contribution is 2.25. The zero-order valence-corrected chi connectivity index (χ0v) is 18.3. The predicted molar refractivity (Wildman–Crippen MR) is 118 cm³/mol. The summed E-state index contributed by atoms with van der Waals surface area (Å²) in [4.78, 5) is 12.9. The lowest BCUT2D eigenvalue weighted by molar-refractivity contribution is -0.122. The molecule has 1 aromatic heterocycles. The Morgan fingerprint density at radius 3 is 2.17 bits per heavy atom. The van der Waals surface area contributed by atoms with Crippen molar-refractivity contribution in [3.63, 3.8) is 0 Å². The molecule has 2 aromatic carbocycles. The summed E-state index contributed by atoms with van der Waals surface area (Å²) in [6.07, 6.45) is 0. The molecule has 0 saturated carbocycles. The first-order valence-electron chi connectivity index (χ1n) is 9.66. The Bertz CT molecular complexity index is 1040. The molecule has 0 bridgehead atoms. The van der Waals surface area contributed by atoms with Crippen LogP contribution in [0.1, 0.15) is 25.5 Å². The monoisotopic (exact) mass is 426 g/mol. The normalized spacial score (nSPS) is 11.9. The van der Waals surface area contributed by atoms with Crippen molar-refractivity contribution in [1.29, 1.82) is 0 Å². The van der Waals surface area contributed by atoms with Crippen LogP contribution in [0.25, 0.3) is 11.4 Å². The Hall–Kier alpha value is -3.13.